The van der Waals surface area contributed by atoms with Gasteiger partial charge in [0.25, 0.3) is 0 Å². The fourth-order valence-electron chi connectivity index (χ4n) is 0.411. The predicted octanol–water partition coefficient (Wildman–Crippen LogP) is 1.69. The van der Waals surface area contributed by atoms with Crippen LogP contribution < -0.4 is 0 Å². The highest BCUT2D eigenvalue weighted by molar-refractivity contribution is 7.99. The molecular weight excluding hydrogens is 152 g/mol. The smallest absolute Gasteiger partial charge is 0.0552 e. The van der Waals surface area contributed by atoms with Crippen LogP contribution >= 0.6 is 24.4 Å². The molecule has 0 radical (unpaired) electrons. The summed E-state index contributed by atoms with van der Waals surface area (Å²) >= 11 is 6.03. The zero-order valence-corrected chi connectivity index (χ0v) is 7.51. The summed E-state index contributed by atoms with van der Waals surface area (Å²) in [4.78, 5) is 0. The second-order valence-electron chi connectivity index (χ2n) is 1.68. The summed E-state index contributed by atoms with van der Waals surface area (Å²) in [6.07, 6.45) is 1.21. The van der Waals surface area contributed by atoms with Crippen LogP contribution in [0.3, 0.4) is 0 Å². The highest BCUT2D eigenvalue weighted by Crippen LogP contribution is 2.01. The van der Waals surface area contributed by atoms with Crippen LogP contribution in [0.2, 0.25) is 0 Å². The van der Waals surface area contributed by atoms with Crippen molar-refractivity contribution in [3.8, 4) is 0 Å². The van der Waals surface area contributed by atoms with Crippen LogP contribution in [-0.2, 0) is 4.74 Å². The summed E-state index contributed by atoms with van der Waals surface area (Å²) < 4.78 is 4.88. The van der Waals surface area contributed by atoms with Gasteiger partial charge in [0, 0.05) is 12.9 Å². The molecule has 0 saturated heterocycles. The molecule has 0 atom stereocenters. The summed E-state index contributed by atoms with van der Waals surface area (Å²) in [5.74, 6) is 3.33. The molecule has 0 bridgehead atoms. The van der Waals surface area contributed by atoms with Gasteiger partial charge in [-0.05, 0) is 17.9 Å². The van der Waals surface area contributed by atoms with Gasteiger partial charge >= 0.3 is 0 Å². The zero-order valence-electron chi connectivity index (χ0n) is 5.80. The molecule has 0 aromatic heterocycles. The molecule has 1 nitrogen and oxygen atoms in total. The van der Waals surface area contributed by atoms with E-state index in [1.807, 2.05) is 11.8 Å². The third kappa shape index (κ3) is 8.66. The third-order valence-corrected chi connectivity index (χ3v) is 2.23. The van der Waals surface area contributed by atoms with Gasteiger partial charge in [-0.1, -0.05) is 0 Å². The monoisotopic (exact) mass is 166 g/mol. The van der Waals surface area contributed by atoms with Crippen LogP contribution in [0.4, 0.5) is 0 Å². The van der Waals surface area contributed by atoms with Crippen LogP contribution in [0.15, 0.2) is 0 Å². The van der Waals surface area contributed by atoms with Crippen LogP contribution in [0.5, 0.6) is 0 Å². The van der Waals surface area contributed by atoms with E-state index < -0.39 is 0 Å². The minimum atomic E-state index is 0.872. The SMILES string of the molecule is COCCSCCCS. The maximum atomic E-state index is 4.88. The predicted molar refractivity (Wildman–Crippen MR) is 47.7 cm³/mol. The minimum absolute atomic E-state index is 0.872. The largest absolute Gasteiger partial charge is 0.384 e. The number of rotatable bonds is 6. The normalized spacial score (nSPS) is 10.0. The van der Waals surface area contributed by atoms with Crippen LogP contribution in [0.1, 0.15) is 6.42 Å². The maximum Gasteiger partial charge on any atom is 0.0552 e. The lowest BCUT2D eigenvalue weighted by Crippen LogP contribution is -1.92. The molecule has 0 unspecified atom stereocenters. The minimum Gasteiger partial charge on any atom is -0.384 e. The van der Waals surface area contributed by atoms with Crippen molar-refractivity contribution in [1.82, 2.24) is 0 Å². The van der Waals surface area contributed by atoms with Crippen molar-refractivity contribution >= 4 is 24.4 Å². The summed E-state index contributed by atoms with van der Waals surface area (Å²) in [6, 6.07) is 0. The van der Waals surface area contributed by atoms with Gasteiger partial charge in [0.05, 0.1) is 6.61 Å². The lowest BCUT2D eigenvalue weighted by Gasteiger charge is -1.97. The molecule has 0 aromatic rings. The Kier molecular flexibility index (Phi) is 9.30. The van der Waals surface area contributed by atoms with Crippen LogP contribution in [-0.4, -0.2) is 31.0 Å². The first-order valence-electron chi connectivity index (χ1n) is 3.09. The summed E-state index contributed by atoms with van der Waals surface area (Å²) in [5, 5.41) is 0. The molecule has 0 heterocycles. The van der Waals surface area contributed by atoms with Gasteiger partial charge in [-0.15, -0.1) is 0 Å². The topological polar surface area (TPSA) is 9.23 Å². The van der Waals surface area contributed by atoms with Gasteiger partial charge in [0.2, 0.25) is 0 Å². The number of hydrogen-bond donors (Lipinski definition) is 1. The molecule has 0 rings (SSSR count). The second-order valence-corrected chi connectivity index (χ2v) is 3.35. The van der Waals surface area contributed by atoms with Crippen LogP contribution in [0, 0.1) is 0 Å². The molecule has 0 aromatic carbocycles. The third-order valence-electron chi connectivity index (χ3n) is 0.879. The van der Waals surface area contributed by atoms with Crippen molar-refractivity contribution in [1.29, 1.82) is 0 Å². The lowest BCUT2D eigenvalue weighted by molar-refractivity contribution is 0.218. The molecule has 3 heteroatoms. The van der Waals surface area contributed by atoms with Crippen molar-refractivity contribution < 1.29 is 4.74 Å². The standard InChI is InChI=1S/C6H14OS2/c1-7-3-6-9-5-2-4-8/h8H,2-6H2,1H3. The van der Waals surface area contributed by atoms with Gasteiger partial charge in [-0.2, -0.15) is 24.4 Å². The highest BCUT2D eigenvalue weighted by Gasteiger charge is 1.86. The molecule has 0 fully saturated rings. The van der Waals surface area contributed by atoms with E-state index in [9.17, 15) is 0 Å². The van der Waals surface area contributed by atoms with Gasteiger partial charge < -0.3 is 4.74 Å². The zero-order chi connectivity index (χ0) is 6.95. The average molecular weight is 166 g/mol. The number of thioether (sulfide) groups is 1. The number of ether oxygens (including phenoxy) is 1. The van der Waals surface area contributed by atoms with E-state index in [-0.39, 0.29) is 0 Å². The first-order valence-corrected chi connectivity index (χ1v) is 4.88. The average Bonchev–Trinajstić information content (AvgIpc) is 1.89. The Bertz CT molecular complexity index is 44.3. The van der Waals surface area contributed by atoms with E-state index in [2.05, 4.69) is 12.6 Å². The molecule has 0 spiro atoms. The van der Waals surface area contributed by atoms with Crippen molar-refractivity contribution in [3.63, 3.8) is 0 Å². The summed E-state index contributed by atoms with van der Waals surface area (Å²) in [5.41, 5.74) is 0. The molecule has 0 aliphatic heterocycles. The van der Waals surface area contributed by atoms with Crippen LogP contribution in [0.25, 0.3) is 0 Å². The lowest BCUT2D eigenvalue weighted by atomic mass is 10.6. The van der Waals surface area contributed by atoms with Crippen molar-refractivity contribution in [2.45, 2.75) is 6.42 Å². The molecule has 0 amide bonds. The Morgan fingerprint density at radius 3 is 2.78 bits per heavy atom. The summed E-state index contributed by atoms with van der Waals surface area (Å²) in [6.45, 7) is 0.872. The van der Waals surface area contributed by atoms with Crippen molar-refractivity contribution in [2.75, 3.05) is 31.0 Å². The van der Waals surface area contributed by atoms with Gasteiger partial charge in [0.15, 0.2) is 0 Å². The van der Waals surface area contributed by atoms with E-state index in [1.165, 1.54) is 12.2 Å². The van der Waals surface area contributed by atoms with E-state index in [1.54, 1.807) is 7.11 Å². The fraction of sp³-hybridized carbons (Fsp3) is 1.00. The number of methoxy groups -OCH3 is 1. The molecule has 0 saturated carbocycles. The quantitative estimate of drug-likeness (QED) is 0.475. The number of thiol groups is 1. The Morgan fingerprint density at radius 2 is 2.22 bits per heavy atom. The second kappa shape index (κ2) is 8.66. The highest BCUT2D eigenvalue weighted by atomic mass is 32.2. The molecule has 0 N–H and O–H groups in total. The Hall–Kier alpha value is 0.660. The van der Waals surface area contributed by atoms with E-state index in [0.29, 0.717) is 0 Å². The molecule has 9 heavy (non-hydrogen) atoms. The molecule has 0 aliphatic rings. The fourth-order valence-corrected chi connectivity index (χ4v) is 1.62. The Balaban J connectivity index is 2.60. The Labute approximate surface area is 67.0 Å². The van der Waals surface area contributed by atoms with E-state index >= 15 is 0 Å². The first-order chi connectivity index (χ1) is 4.41. The van der Waals surface area contributed by atoms with Gasteiger partial charge in [-0.3, -0.25) is 0 Å². The van der Waals surface area contributed by atoms with Gasteiger partial charge in [0.1, 0.15) is 0 Å². The van der Waals surface area contributed by atoms with Crippen molar-refractivity contribution in [2.24, 2.45) is 0 Å². The Morgan fingerprint density at radius 1 is 1.44 bits per heavy atom. The van der Waals surface area contributed by atoms with E-state index in [4.69, 9.17) is 4.74 Å². The maximum absolute atomic E-state index is 4.88. The van der Waals surface area contributed by atoms with Crippen molar-refractivity contribution in [3.05, 3.63) is 0 Å². The first kappa shape index (κ1) is 9.66. The molecule has 0 aliphatic carbocycles. The van der Waals surface area contributed by atoms with Gasteiger partial charge in [-0.25, -0.2) is 0 Å². The molecular formula is C6H14OS2. The molecule has 56 valence electrons. The van der Waals surface area contributed by atoms with E-state index in [0.717, 1.165) is 18.1 Å². The summed E-state index contributed by atoms with van der Waals surface area (Å²) in [7, 11) is 1.74. The number of hydrogen-bond acceptors (Lipinski definition) is 3.